The van der Waals surface area contributed by atoms with Gasteiger partial charge in [-0.3, -0.25) is 4.79 Å². The van der Waals surface area contributed by atoms with E-state index in [1.165, 1.54) is 12.8 Å². The van der Waals surface area contributed by atoms with Crippen LogP contribution >= 0.6 is 0 Å². The summed E-state index contributed by atoms with van der Waals surface area (Å²) in [6.07, 6.45) is 6.69. The highest BCUT2D eigenvalue weighted by Gasteiger charge is 2.16. The summed E-state index contributed by atoms with van der Waals surface area (Å²) in [6, 6.07) is 0. The van der Waals surface area contributed by atoms with E-state index < -0.39 is 0 Å². The van der Waals surface area contributed by atoms with Crippen molar-refractivity contribution in [3.8, 4) is 0 Å². The first-order chi connectivity index (χ1) is 8.72. The second-order valence-electron chi connectivity index (χ2n) is 5.14. The molecular formula is C14H28N2O2. The van der Waals surface area contributed by atoms with E-state index in [0.29, 0.717) is 12.5 Å². The largest absolute Gasteiger partial charge is 0.378 e. The molecule has 1 saturated heterocycles. The predicted molar refractivity (Wildman–Crippen MR) is 73.6 cm³/mol. The fraction of sp³-hybridized carbons (Fsp3) is 0.929. The van der Waals surface area contributed by atoms with Gasteiger partial charge < -0.3 is 15.0 Å². The van der Waals surface area contributed by atoms with Gasteiger partial charge in [0.15, 0.2) is 0 Å². The van der Waals surface area contributed by atoms with Crippen molar-refractivity contribution in [1.82, 2.24) is 10.2 Å². The van der Waals surface area contributed by atoms with Crippen LogP contribution in [0, 0.1) is 0 Å². The van der Waals surface area contributed by atoms with Crippen LogP contribution in [-0.4, -0.2) is 50.2 Å². The van der Waals surface area contributed by atoms with E-state index >= 15 is 0 Å². The van der Waals surface area contributed by atoms with Crippen LogP contribution in [0.25, 0.3) is 0 Å². The molecule has 0 aliphatic carbocycles. The molecular weight excluding hydrogens is 228 g/mol. The Morgan fingerprint density at radius 1 is 1.28 bits per heavy atom. The third-order valence-electron chi connectivity index (χ3n) is 3.48. The monoisotopic (exact) mass is 256 g/mol. The number of hydrogen-bond donors (Lipinski definition) is 1. The van der Waals surface area contributed by atoms with Crippen molar-refractivity contribution in [3.63, 3.8) is 0 Å². The number of nitrogens with one attached hydrogen (secondary N) is 1. The maximum Gasteiger partial charge on any atom is 0.219 e. The molecule has 0 atom stereocenters. The number of rotatable bonds is 8. The van der Waals surface area contributed by atoms with E-state index in [1.54, 1.807) is 0 Å². The quantitative estimate of drug-likeness (QED) is 0.673. The molecule has 4 heteroatoms. The van der Waals surface area contributed by atoms with Crippen LogP contribution in [0.15, 0.2) is 0 Å². The third-order valence-corrected chi connectivity index (χ3v) is 3.48. The summed E-state index contributed by atoms with van der Waals surface area (Å²) in [6.45, 7) is 5.88. The highest BCUT2D eigenvalue weighted by Crippen LogP contribution is 2.12. The molecule has 1 amide bonds. The highest BCUT2D eigenvalue weighted by molar-refractivity contribution is 5.75. The summed E-state index contributed by atoms with van der Waals surface area (Å²) in [4.78, 5) is 13.4. The molecule has 0 spiro atoms. The van der Waals surface area contributed by atoms with Gasteiger partial charge in [0.2, 0.25) is 5.91 Å². The molecule has 0 saturated carbocycles. The zero-order chi connectivity index (χ0) is 13.2. The number of amides is 1. The Bertz CT molecular complexity index is 226. The Kier molecular flexibility index (Phi) is 8.01. The third kappa shape index (κ3) is 6.97. The summed E-state index contributed by atoms with van der Waals surface area (Å²) >= 11 is 0. The van der Waals surface area contributed by atoms with Crippen LogP contribution in [0.5, 0.6) is 0 Å². The molecule has 1 rings (SSSR count). The Hall–Kier alpha value is -0.610. The van der Waals surface area contributed by atoms with Crippen molar-refractivity contribution in [1.29, 1.82) is 0 Å². The van der Waals surface area contributed by atoms with Gasteiger partial charge in [0.25, 0.3) is 0 Å². The first-order valence-electron chi connectivity index (χ1n) is 7.29. The molecule has 4 nitrogen and oxygen atoms in total. The molecule has 0 unspecified atom stereocenters. The van der Waals surface area contributed by atoms with E-state index in [0.717, 1.165) is 45.5 Å². The zero-order valence-corrected chi connectivity index (χ0v) is 11.9. The van der Waals surface area contributed by atoms with Crippen LogP contribution in [0.2, 0.25) is 0 Å². The van der Waals surface area contributed by atoms with Crippen LogP contribution in [-0.2, 0) is 9.53 Å². The number of piperidine rings is 1. The molecule has 106 valence electrons. The second kappa shape index (κ2) is 9.34. The van der Waals surface area contributed by atoms with Gasteiger partial charge in [-0.05, 0) is 39.2 Å². The predicted octanol–water partition coefficient (Wildman–Crippen LogP) is 1.79. The number of carbonyl (C=O) groups is 1. The van der Waals surface area contributed by atoms with Gasteiger partial charge in [0, 0.05) is 32.7 Å². The maximum atomic E-state index is 11.0. The first kappa shape index (κ1) is 15.4. The average molecular weight is 256 g/mol. The molecule has 0 aromatic carbocycles. The lowest BCUT2D eigenvalue weighted by Gasteiger charge is -2.28. The standard InChI is InChI=1S/C14H28N2O2/c1-3-14(17)15-9-5-4-6-12-18-13-7-10-16(2)11-8-13/h13H,3-12H2,1-2H3,(H,15,17). The highest BCUT2D eigenvalue weighted by atomic mass is 16.5. The molecule has 0 radical (unpaired) electrons. The van der Waals surface area contributed by atoms with Gasteiger partial charge in [0.05, 0.1) is 6.10 Å². The van der Waals surface area contributed by atoms with Crippen LogP contribution in [0.3, 0.4) is 0 Å². The van der Waals surface area contributed by atoms with Gasteiger partial charge in [-0.15, -0.1) is 0 Å². The fourth-order valence-corrected chi connectivity index (χ4v) is 2.16. The van der Waals surface area contributed by atoms with E-state index in [9.17, 15) is 4.79 Å². The van der Waals surface area contributed by atoms with Gasteiger partial charge >= 0.3 is 0 Å². The van der Waals surface area contributed by atoms with Crippen molar-refractivity contribution < 1.29 is 9.53 Å². The van der Waals surface area contributed by atoms with Crippen LogP contribution in [0.1, 0.15) is 45.4 Å². The molecule has 0 aromatic rings. The summed E-state index contributed by atoms with van der Waals surface area (Å²) in [5.74, 6) is 0.151. The van der Waals surface area contributed by atoms with Crippen molar-refractivity contribution >= 4 is 5.91 Å². The molecule has 1 aliphatic heterocycles. The molecule has 1 heterocycles. The van der Waals surface area contributed by atoms with E-state index in [1.807, 2.05) is 6.92 Å². The summed E-state index contributed by atoms with van der Waals surface area (Å²) in [5.41, 5.74) is 0. The molecule has 1 fully saturated rings. The Balaban J connectivity index is 1.85. The van der Waals surface area contributed by atoms with Crippen LogP contribution in [0.4, 0.5) is 0 Å². The molecule has 1 N–H and O–H groups in total. The van der Waals surface area contributed by atoms with E-state index in [4.69, 9.17) is 4.74 Å². The SMILES string of the molecule is CCC(=O)NCCCCCOC1CCN(C)CC1. The molecule has 18 heavy (non-hydrogen) atoms. The topological polar surface area (TPSA) is 41.6 Å². The molecule has 0 aromatic heterocycles. The number of carbonyl (C=O) groups excluding carboxylic acids is 1. The number of hydrogen-bond acceptors (Lipinski definition) is 3. The number of unbranched alkanes of at least 4 members (excludes halogenated alkanes) is 2. The van der Waals surface area contributed by atoms with Crippen LogP contribution < -0.4 is 5.32 Å². The minimum atomic E-state index is 0.151. The van der Waals surface area contributed by atoms with Gasteiger partial charge in [-0.1, -0.05) is 6.92 Å². The Morgan fingerprint density at radius 2 is 2.00 bits per heavy atom. The lowest BCUT2D eigenvalue weighted by Crippen LogP contribution is -2.34. The summed E-state index contributed by atoms with van der Waals surface area (Å²) < 4.78 is 5.87. The second-order valence-corrected chi connectivity index (χ2v) is 5.14. The number of ether oxygens (including phenoxy) is 1. The zero-order valence-electron chi connectivity index (χ0n) is 11.9. The van der Waals surface area contributed by atoms with Crippen molar-refractivity contribution in [2.24, 2.45) is 0 Å². The van der Waals surface area contributed by atoms with Gasteiger partial charge in [-0.25, -0.2) is 0 Å². The minimum absolute atomic E-state index is 0.151. The fourth-order valence-electron chi connectivity index (χ4n) is 2.16. The average Bonchev–Trinajstić information content (AvgIpc) is 2.39. The lowest BCUT2D eigenvalue weighted by atomic mass is 10.1. The minimum Gasteiger partial charge on any atom is -0.378 e. The van der Waals surface area contributed by atoms with Gasteiger partial charge in [-0.2, -0.15) is 0 Å². The van der Waals surface area contributed by atoms with Crippen molar-refractivity contribution in [2.45, 2.75) is 51.6 Å². The molecule has 0 bridgehead atoms. The Labute approximate surface area is 111 Å². The van der Waals surface area contributed by atoms with E-state index in [2.05, 4.69) is 17.3 Å². The summed E-state index contributed by atoms with van der Waals surface area (Å²) in [7, 11) is 2.17. The maximum absolute atomic E-state index is 11.0. The lowest BCUT2D eigenvalue weighted by molar-refractivity contribution is -0.120. The van der Waals surface area contributed by atoms with Crippen molar-refractivity contribution in [2.75, 3.05) is 33.3 Å². The van der Waals surface area contributed by atoms with Crippen molar-refractivity contribution in [3.05, 3.63) is 0 Å². The number of nitrogens with zero attached hydrogens (tertiary/aromatic N) is 1. The smallest absolute Gasteiger partial charge is 0.219 e. The van der Waals surface area contributed by atoms with Gasteiger partial charge in [0.1, 0.15) is 0 Å². The summed E-state index contributed by atoms with van der Waals surface area (Å²) in [5, 5.41) is 2.89. The van der Waals surface area contributed by atoms with E-state index in [-0.39, 0.29) is 5.91 Å². The normalized spacial score (nSPS) is 17.9. The first-order valence-corrected chi connectivity index (χ1v) is 7.29. The molecule has 1 aliphatic rings. The number of likely N-dealkylation sites (tertiary alicyclic amines) is 1. The Morgan fingerprint density at radius 3 is 2.67 bits per heavy atom.